The highest BCUT2D eigenvalue weighted by Gasteiger charge is 2.18. The normalized spacial score (nSPS) is 10.5. The molecule has 6 heteroatoms. The molecule has 0 aliphatic carbocycles. The molecule has 27 heavy (non-hydrogen) atoms. The van der Waals surface area contributed by atoms with E-state index in [0.29, 0.717) is 23.5 Å². The number of aromatic carboxylic acids is 1. The first-order chi connectivity index (χ1) is 13.0. The van der Waals surface area contributed by atoms with Crippen molar-refractivity contribution in [2.75, 3.05) is 12.4 Å². The molecule has 0 fully saturated rings. The van der Waals surface area contributed by atoms with Gasteiger partial charge in [0, 0.05) is 18.3 Å². The van der Waals surface area contributed by atoms with Crippen LogP contribution in [0.3, 0.4) is 0 Å². The van der Waals surface area contributed by atoms with Crippen molar-refractivity contribution in [2.45, 2.75) is 13.5 Å². The van der Waals surface area contributed by atoms with E-state index in [1.54, 1.807) is 18.3 Å². The number of aromatic nitrogens is 1. The quantitative estimate of drug-likeness (QED) is 0.671. The summed E-state index contributed by atoms with van der Waals surface area (Å²) in [5.41, 5.74) is 3.13. The van der Waals surface area contributed by atoms with E-state index in [4.69, 9.17) is 4.74 Å². The van der Waals surface area contributed by atoms with Gasteiger partial charge in [0.05, 0.1) is 7.11 Å². The van der Waals surface area contributed by atoms with Crippen LogP contribution in [-0.2, 0) is 6.54 Å². The van der Waals surface area contributed by atoms with Gasteiger partial charge in [-0.05, 0) is 42.3 Å². The predicted molar refractivity (Wildman–Crippen MR) is 102 cm³/mol. The minimum atomic E-state index is -1.25. The maximum Gasteiger partial charge on any atom is 0.339 e. The molecule has 0 atom stereocenters. The van der Waals surface area contributed by atoms with Crippen LogP contribution < -0.4 is 10.1 Å². The minimum absolute atomic E-state index is 0.228. The van der Waals surface area contributed by atoms with Gasteiger partial charge in [0.25, 0.3) is 0 Å². The van der Waals surface area contributed by atoms with Crippen LogP contribution in [0.4, 0.5) is 10.2 Å². The van der Waals surface area contributed by atoms with Crippen molar-refractivity contribution in [1.29, 1.82) is 0 Å². The molecule has 3 rings (SSSR count). The van der Waals surface area contributed by atoms with Crippen molar-refractivity contribution in [3.63, 3.8) is 0 Å². The van der Waals surface area contributed by atoms with Gasteiger partial charge < -0.3 is 15.2 Å². The Kier molecular flexibility index (Phi) is 5.35. The van der Waals surface area contributed by atoms with Gasteiger partial charge in [-0.2, -0.15) is 0 Å². The van der Waals surface area contributed by atoms with E-state index < -0.39 is 11.8 Å². The van der Waals surface area contributed by atoms with Crippen molar-refractivity contribution in [3.05, 3.63) is 77.2 Å². The summed E-state index contributed by atoms with van der Waals surface area (Å²) in [5, 5.41) is 12.5. The molecule has 0 spiro atoms. The highest BCUT2D eigenvalue weighted by molar-refractivity contribution is 5.92. The summed E-state index contributed by atoms with van der Waals surface area (Å²) in [6, 6.07) is 14.3. The molecule has 3 aromatic rings. The lowest BCUT2D eigenvalue weighted by Gasteiger charge is -2.10. The Bertz CT molecular complexity index is 972. The second kappa shape index (κ2) is 7.86. The maximum atomic E-state index is 14.2. The molecule has 0 aliphatic heterocycles. The fourth-order valence-electron chi connectivity index (χ4n) is 2.81. The lowest BCUT2D eigenvalue weighted by molar-refractivity contribution is 0.0692. The molecule has 0 aliphatic rings. The third-order valence-electron chi connectivity index (χ3n) is 4.13. The molecular formula is C21H19FN2O3. The van der Waals surface area contributed by atoms with Crippen molar-refractivity contribution in [1.82, 2.24) is 4.98 Å². The zero-order valence-corrected chi connectivity index (χ0v) is 15.0. The third kappa shape index (κ3) is 4.23. The zero-order chi connectivity index (χ0) is 19.4. The molecule has 5 nitrogen and oxygen atoms in total. The molecule has 1 heterocycles. The number of ether oxygens (including phenoxy) is 1. The number of pyridine rings is 1. The summed E-state index contributed by atoms with van der Waals surface area (Å²) in [4.78, 5) is 15.7. The molecule has 138 valence electrons. The van der Waals surface area contributed by atoms with Gasteiger partial charge in [-0.3, -0.25) is 0 Å². The number of nitrogens with zero attached hydrogens (tertiary/aromatic N) is 1. The Morgan fingerprint density at radius 2 is 2.00 bits per heavy atom. The van der Waals surface area contributed by atoms with Crippen LogP contribution in [0.5, 0.6) is 5.75 Å². The number of benzene rings is 2. The highest BCUT2D eigenvalue weighted by atomic mass is 19.1. The number of methoxy groups -OCH3 is 1. The number of carboxylic acids is 1. The number of halogens is 1. The number of rotatable bonds is 6. The van der Waals surface area contributed by atoms with Crippen LogP contribution in [0.15, 0.2) is 54.7 Å². The molecule has 2 aromatic carbocycles. The lowest BCUT2D eigenvalue weighted by Crippen LogP contribution is -2.04. The summed E-state index contributed by atoms with van der Waals surface area (Å²) in [5.74, 6) is -1.59. The lowest BCUT2D eigenvalue weighted by atomic mass is 10.0. The number of aryl methyl sites for hydroxylation is 1. The number of carboxylic acid groups (broad SMARTS) is 1. The fourth-order valence-corrected chi connectivity index (χ4v) is 2.81. The molecule has 0 unspecified atom stereocenters. The van der Waals surface area contributed by atoms with Crippen molar-refractivity contribution >= 4 is 11.8 Å². The van der Waals surface area contributed by atoms with Crippen LogP contribution in [0.25, 0.3) is 11.1 Å². The molecule has 0 radical (unpaired) electrons. The van der Waals surface area contributed by atoms with Gasteiger partial charge in [-0.25, -0.2) is 14.2 Å². The van der Waals surface area contributed by atoms with E-state index in [-0.39, 0.29) is 11.3 Å². The topological polar surface area (TPSA) is 71.5 Å². The minimum Gasteiger partial charge on any atom is -0.493 e. The standard InChI is InChI=1S/C21H19FN2O3/c1-13-4-3-5-14(8-13)11-23-19-7-6-15(12-24-19)16-9-17(21(25)26)20(27-2)18(22)10-16/h3-10,12H,11H2,1-2H3,(H,23,24)(H,25,26). The van der Waals surface area contributed by atoms with Crippen LogP contribution in [0.2, 0.25) is 0 Å². The number of anilines is 1. The molecular weight excluding hydrogens is 347 g/mol. The molecule has 1 aromatic heterocycles. The zero-order valence-electron chi connectivity index (χ0n) is 15.0. The van der Waals surface area contributed by atoms with Gasteiger partial charge in [-0.1, -0.05) is 29.8 Å². The van der Waals surface area contributed by atoms with Crippen LogP contribution in [0, 0.1) is 12.7 Å². The van der Waals surface area contributed by atoms with Crippen LogP contribution in [0.1, 0.15) is 21.5 Å². The average molecular weight is 366 g/mol. The van der Waals surface area contributed by atoms with Crippen LogP contribution >= 0.6 is 0 Å². The summed E-state index contributed by atoms with van der Waals surface area (Å²) in [6.45, 7) is 2.67. The Morgan fingerprint density at radius 1 is 1.19 bits per heavy atom. The molecule has 0 saturated carbocycles. The van der Waals surface area contributed by atoms with E-state index in [2.05, 4.69) is 16.4 Å². The molecule has 0 amide bonds. The summed E-state index contributed by atoms with van der Waals surface area (Å²) < 4.78 is 19.0. The average Bonchev–Trinajstić information content (AvgIpc) is 2.66. The van der Waals surface area contributed by atoms with E-state index in [9.17, 15) is 14.3 Å². The van der Waals surface area contributed by atoms with Crippen LogP contribution in [-0.4, -0.2) is 23.2 Å². The van der Waals surface area contributed by atoms with Gasteiger partial charge in [-0.15, -0.1) is 0 Å². The Labute approximate surface area is 156 Å². The molecule has 0 saturated heterocycles. The van der Waals surface area contributed by atoms with E-state index in [0.717, 1.165) is 5.56 Å². The number of carbonyl (C=O) groups is 1. The monoisotopic (exact) mass is 366 g/mol. The molecule has 2 N–H and O–H groups in total. The van der Waals surface area contributed by atoms with E-state index >= 15 is 0 Å². The summed E-state index contributed by atoms with van der Waals surface area (Å²) in [7, 11) is 1.24. The van der Waals surface area contributed by atoms with Gasteiger partial charge in [0.2, 0.25) is 0 Å². The highest BCUT2D eigenvalue weighted by Crippen LogP contribution is 2.30. The summed E-state index contributed by atoms with van der Waals surface area (Å²) in [6.07, 6.45) is 1.57. The third-order valence-corrected chi connectivity index (χ3v) is 4.13. The van der Waals surface area contributed by atoms with Crippen molar-refractivity contribution < 1.29 is 19.0 Å². The number of nitrogens with one attached hydrogen (secondary N) is 1. The Hall–Kier alpha value is -3.41. The van der Waals surface area contributed by atoms with Gasteiger partial charge in [0.1, 0.15) is 11.4 Å². The van der Waals surface area contributed by atoms with E-state index in [1.807, 2.05) is 25.1 Å². The van der Waals surface area contributed by atoms with Crippen molar-refractivity contribution in [2.24, 2.45) is 0 Å². The summed E-state index contributed by atoms with van der Waals surface area (Å²) >= 11 is 0. The Morgan fingerprint density at radius 3 is 2.63 bits per heavy atom. The first kappa shape index (κ1) is 18.4. The number of hydrogen-bond acceptors (Lipinski definition) is 4. The first-order valence-corrected chi connectivity index (χ1v) is 8.34. The van der Waals surface area contributed by atoms with Gasteiger partial charge >= 0.3 is 5.97 Å². The Balaban J connectivity index is 1.80. The van der Waals surface area contributed by atoms with E-state index in [1.165, 1.54) is 24.8 Å². The molecule has 0 bridgehead atoms. The largest absolute Gasteiger partial charge is 0.493 e. The predicted octanol–water partition coefficient (Wildman–Crippen LogP) is 4.52. The first-order valence-electron chi connectivity index (χ1n) is 8.34. The number of hydrogen-bond donors (Lipinski definition) is 2. The SMILES string of the molecule is COc1c(F)cc(-c2ccc(NCc3cccc(C)c3)nc2)cc1C(=O)O. The second-order valence-electron chi connectivity index (χ2n) is 6.12. The fraction of sp³-hybridized carbons (Fsp3) is 0.143. The van der Waals surface area contributed by atoms with Gasteiger partial charge in [0.15, 0.2) is 11.6 Å². The maximum absolute atomic E-state index is 14.2. The van der Waals surface area contributed by atoms with Crippen molar-refractivity contribution in [3.8, 4) is 16.9 Å². The smallest absolute Gasteiger partial charge is 0.339 e. The second-order valence-corrected chi connectivity index (χ2v) is 6.12.